The third kappa shape index (κ3) is 33.5. The monoisotopic (exact) mass is 1220 g/mol. The molecule has 432 valence electrons. The first-order valence-electron chi connectivity index (χ1n) is 31.9. The molecule has 0 unspecified atom stereocenters. The van der Waals surface area contributed by atoms with Gasteiger partial charge in [-0.05, 0) is 119 Å². The molecule has 0 aliphatic heterocycles. The number of rotatable bonds is 46. The minimum atomic E-state index is -4.47. The van der Waals surface area contributed by atoms with Crippen molar-refractivity contribution >= 4 is 90.7 Å². The molecule has 77 heavy (non-hydrogen) atoms. The SMILES string of the molecule is CCCCCCCCCCCCc1ccc2c(CCCCCCCCCCCC)cc(S(=O)(=O)[O-])cc2c1.CCCCCCCCCCCCc1ccc2c(CCCCCCCCCCCC)cc(S(=O)(=O)[O-])cc2c1.[Ba+2]. The second-order valence-corrected chi connectivity index (χ2v) is 25.7. The van der Waals surface area contributed by atoms with Crippen LogP contribution in [0.1, 0.15) is 307 Å². The molecule has 0 heterocycles. The molecule has 0 aliphatic rings. The predicted molar refractivity (Wildman–Crippen MR) is 332 cm³/mol. The molecule has 0 radical (unpaired) electrons. The summed E-state index contributed by atoms with van der Waals surface area (Å²) in [6.07, 6.45) is 55.5. The molecular weight excluding hydrogens is 1110 g/mol. The number of benzene rings is 4. The van der Waals surface area contributed by atoms with Gasteiger partial charge in [0.2, 0.25) is 0 Å². The topological polar surface area (TPSA) is 114 Å². The Morgan fingerprint density at radius 3 is 0.740 bits per heavy atom. The van der Waals surface area contributed by atoms with Crippen molar-refractivity contribution < 1.29 is 25.9 Å². The van der Waals surface area contributed by atoms with Crippen LogP contribution in [0.3, 0.4) is 0 Å². The molecule has 0 amide bonds. The van der Waals surface area contributed by atoms with Crippen LogP contribution in [-0.4, -0.2) is 74.8 Å². The first-order valence-corrected chi connectivity index (χ1v) is 34.8. The van der Waals surface area contributed by atoms with Crippen LogP contribution in [-0.2, 0) is 45.9 Å². The second-order valence-electron chi connectivity index (χ2n) is 22.9. The first-order chi connectivity index (χ1) is 36.9. The van der Waals surface area contributed by atoms with Gasteiger partial charge >= 0.3 is 48.9 Å². The second kappa shape index (κ2) is 45.3. The molecule has 0 saturated carbocycles. The molecule has 0 aliphatic carbocycles. The average molecular weight is 1230 g/mol. The van der Waals surface area contributed by atoms with Crippen molar-refractivity contribution in [2.24, 2.45) is 0 Å². The molecule has 0 bridgehead atoms. The Bertz CT molecular complexity index is 2160. The van der Waals surface area contributed by atoms with E-state index >= 15 is 0 Å². The van der Waals surface area contributed by atoms with Crippen molar-refractivity contribution in [1.82, 2.24) is 0 Å². The largest absolute Gasteiger partial charge is 2.00 e. The number of aryl methyl sites for hydroxylation is 4. The summed E-state index contributed by atoms with van der Waals surface area (Å²) < 4.78 is 71.2. The Labute approximate surface area is 514 Å². The van der Waals surface area contributed by atoms with E-state index in [2.05, 4.69) is 64.1 Å². The van der Waals surface area contributed by atoms with E-state index in [0.29, 0.717) is 0 Å². The summed E-state index contributed by atoms with van der Waals surface area (Å²) >= 11 is 0. The van der Waals surface area contributed by atoms with Gasteiger partial charge in [-0.1, -0.05) is 295 Å². The fraction of sp³-hybridized carbons (Fsp3) is 0.706. The maximum atomic E-state index is 11.9. The number of hydrogen-bond donors (Lipinski definition) is 0. The molecule has 6 nitrogen and oxygen atoms in total. The molecule has 4 rings (SSSR count). The van der Waals surface area contributed by atoms with E-state index in [1.807, 2.05) is 0 Å². The normalized spacial score (nSPS) is 11.8. The van der Waals surface area contributed by atoms with Gasteiger partial charge < -0.3 is 9.11 Å². The van der Waals surface area contributed by atoms with E-state index in [1.165, 1.54) is 229 Å². The Kier molecular flexibility index (Phi) is 42.3. The van der Waals surface area contributed by atoms with E-state index in [4.69, 9.17) is 0 Å². The van der Waals surface area contributed by atoms with Crippen LogP contribution in [0.4, 0.5) is 0 Å². The van der Waals surface area contributed by atoms with Crippen LogP contribution in [0.5, 0.6) is 0 Å². The summed E-state index contributed by atoms with van der Waals surface area (Å²) in [7, 11) is -8.94. The Hall–Kier alpha value is -1.21. The van der Waals surface area contributed by atoms with Crippen molar-refractivity contribution in [3.05, 3.63) is 82.9 Å². The number of unbranched alkanes of at least 4 members (excludes halogenated alkanes) is 36. The molecule has 0 aromatic heterocycles. The Morgan fingerprint density at radius 1 is 0.286 bits per heavy atom. The van der Waals surface area contributed by atoms with Crippen molar-refractivity contribution in [1.29, 1.82) is 0 Å². The quantitative estimate of drug-likeness (QED) is 0.0247. The van der Waals surface area contributed by atoms with E-state index in [0.717, 1.165) is 96.9 Å². The van der Waals surface area contributed by atoms with Crippen molar-refractivity contribution in [2.45, 2.75) is 320 Å². The van der Waals surface area contributed by atoms with Gasteiger partial charge in [0, 0.05) is 0 Å². The van der Waals surface area contributed by atoms with Gasteiger partial charge in [-0.25, -0.2) is 16.8 Å². The Balaban J connectivity index is 0.000000520. The molecular formula is C68H110BaO6S2. The molecule has 4 aromatic carbocycles. The summed E-state index contributed by atoms with van der Waals surface area (Å²) in [5, 5.41) is 3.99. The van der Waals surface area contributed by atoms with E-state index in [-0.39, 0.29) is 58.7 Å². The van der Waals surface area contributed by atoms with Gasteiger partial charge in [-0.2, -0.15) is 0 Å². The van der Waals surface area contributed by atoms with Crippen LogP contribution in [0.25, 0.3) is 21.5 Å². The summed E-state index contributed by atoms with van der Waals surface area (Å²) in [5.41, 5.74) is 4.48. The third-order valence-corrected chi connectivity index (χ3v) is 17.6. The summed E-state index contributed by atoms with van der Waals surface area (Å²) in [6.45, 7) is 9.03. The van der Waals surface area contributed by atoms with Gasteiger partial charge in [-0.15, -0.1) is 0 Å². The number of fused-ring (bicyclic) bond motifs is 2. The van der Waals surface area contributed by atoms with Gasteiger partial charge in [0.15, 0.2) is 0 Å². The minimum Gasteiger partial charge on any atom is -0.744 e. The van der Waals surface area contributed by atoms with Crippen LogP contribution in [0.2, 0.25) is 0 Å². The maximum absolute atomic E-state index is 11.9. The van der Waals surface area contributed by atoms with Crippen LogP contribution < -0.4 is 0 Å². The summed E-state index contributed by atoms with van der Waals surface area (Å²) in [6, 6.07) is 19.3. The fourth-order valence-electron chi connectivity index (χ4n) is 11.2. The fourth-order valence-corrected chi connectivity index (χ4v) is 12.3. The van der Waals surface area contributed by atoms with Gasteiger partial charge in [0.25, 0.3) is 0 Å². The third-order valence-electron chi connectivity index (χ3n) is 16.0. The van der Waals surface area contributed by atoms with E-state index in [1.54, 1.807) is 24.3 Å². The number of hydrogen-bond acceptors (Lipinski definition) is 6. The van der Waals surface area contributed by atoms with E-state index < -0.39 is 20.2 Å². The molecule has 0 N–H and O–H groups in total. The average Bonchev–Trinajstić information content (AvgIpc) is 3.40. The zero-order valence-electron chi connectivity index (χ0n) is 49.9. The summed E-state index contributed by atoms with van der Waals surface area (Å²) in [5.74, 6) is 0. The van der Waals surface area contributed by atoms with Crippen LogP contribution >= 0.6 is 0 Å². The maximum Gasteiger partial charge on any atom is 2.00 e. The molecule has 0 fully saturated rings. The molecule has 9 heteroatoms. The molecule has 0 saturated heterocycles. The van der Waals surface area contributed by atoms with Crippen LogP contribution in [0, 0.1) is 0 Å². The minimum absolute atomic E-state index is 0. The molecule has 0 atom stereocenters. The van der Waals surface area contributed by atoms with Crippen molar-refractivity contribution in [3.63, 3.8) is 0 Å². The van der Waals surface area contributed by atoms with Gasteiger partial charge in [0.1, 0.15) is 20.2 Å². The zero-order valence-corrected chi connectivity index (χ0v) is 55.9. The van der Waals surface area contributed by atoms with Gasteiger partial charge in [0.05, 0.1) is 9.79 Å². The van der Waals surface area contributed by atoms with Crippen LogP contribution in [0.15, 0.2) is 70.5 Å². The predicted octanol–water partition coefficient (Wildman–Crippen LogP) is 21.0. The molecule has 0 spiro atoms. The smallest absolute Gasteiger partial charge is 0.744 e. The van der Waals surface area contributed by atoms with Crippen molar-refractivity contribution in [2.75, 3.05) is 0 Å². The zero-order chi connectivity index (χ0) is 55.0. The first kappa shape index (κ1) is 71.9. The van der Waals surface area contributed by atoms with Gasteiger partial charge in [-0.3, -0.25) is 0 Å². The van der Waals surface area contributed by atoms with Crippen molar-refractivity contribution in [3.8, 4) is 0 Å². The summed E-state index contributed by atoms with van der Waals surface area (Å²) in [4.78, 5) is -0.161. The Morgan fingerprint density at radius 2 is 0.506 bits per heavy atom. The molecule has 4 aromatic rings. The standard InChI is InChI=1S/2C34H56O3S.Ba/c2*1-3-5-7-9-11-13-15-17-19-21-23-30-25-26-34-31(28-33(38(35,36)37)29-32(34)27-30)24-22-20-18-16-14-12-10-8-6-4-2;/h2*25-29H,3-24H2,1-2H3,(H,35,36,37);/q;;+2/p-2. The van der Waals surface area contributed by atoms with E-state index in [9.17, 15) is 25.9 Å².